The third-order valence-corrected chi connectivity index (χ3v) is 4.33. The molecule has 2 rings (SSSR count). The topological polar surface area (TPSA) is 72.6 Å². The average molecular weight is 304 g/mol. The highest BCUT2D eigenvalue weighted by atomic mass is 16.5. The molecule has 1 aromatic rings. The maximum atomic E-state index is 13.0. The molecule has 0 heterocycles. The van der Waals surface area contributed by atoms with Crippen molar-refractivity contribution < 1.29 is 14.3 Å². The van der Waals surface area contributed by atoms with Gasteiger partial charge in [0, 0.05) is 6.04 Å². The van der Waals surface area contributed by atoms with Crippen molar-refractivity contribution in [3.63, 3.8) is 0 Å². The van der Waals surface area contributed by atoms with Crippen molar-refractivity contribution in [3.05, 3.63) is 29.3 Å². The van der Waals surface area contributed by atoms with Crippen molar-refractivity contribution >= 4 is 11.8 Å². The number of ether oxygens (including phenoxy) is 1. The molecule has 1 saturated carbocycles. The highest BCUT2D eigenvalue weighted by Crippen LogP contribution is 2.50. The smallest absolute Gasteiger partial charge is 0.237 e. The Morgan fingerprint density at radius 1 is 1.36 bits per heavy atom. The second kappa shape index (κ2) is 5.99. The van der Waals surface area contributed by atoms with Crippen molar-refractivity contribution in [2.24, 2.45) is 5.73 Å². The lowest BCUT2D eigenvalue weighted by molar-refractivity contribution is -0.139. The van der Waals surface area contributed by atoms with Crippen LogP contribution in [0.5, 0.6) is 5.75 Å². The van der Waals surface area contributed by atoms with Crippen molar-refractivity contribution in [2.45, 2.75) is 45.1 Å². The summed E-state index contributed by atoms with van der Waals surface area (Å²) in [5.41, 5.74) is 6.75. The number of methoxy groups -OCH3 is 1. The van der Waals surface area contributed by atoms with Crippen molar-refractivity contribution in [3.8, 4) is 5.75 Å². The Bertz CT molecular complexity index is 592. The van der Waals surface area contributed by atoms with E-state index in [0.29, 0.717) is 0 Å². The average Bonchev–Trinajstić information content (AvgIpc) is 3.25. The van der Waals surface area contributed by atoms with Gasteiger partial charge in [-0.25, -0.2) is 0 Å². The minimum Gasteiger partial charge on any atom is -0.496 e. The summed E-state index contributed by atoms with van der Waals surface area (Å²) < 4.78 is 5.36. The standard InChI is InChI=1S/C17H24N2O3/c1-11(2)19(10-15(18)20)16(21)17(7-8-17)13-6-5-12(3)14(9-13)22-4/h5-6,9,11H,7-8,10H2,1-4H3,(H2,18,20). The second-order valence-corrected chi connectivity index (χ2v) is 6.26. The molecule has 5 nitrogen and oxygen atoms in total. The van der Waals surface area contributed by atoms with Gasteiger partial charge < -0.3 is 15.4 Å². The fraction of sp³-hybridized carbons (Fsp3) is 0.529. The molecular formula is C17H24N2O3. The summed E-state index contributed by atoms with van der Waals surface area (Å²) in [6, 6.07) is 5.81. The van der Waals surface area contributed by atoms with Gasteiger partial charge in [0.1, 0.15) is 5.75 Å². The molecule has 0 unspecified atom stereocenters. The van der Waals surface area contributed by atoms with Crippen LogP contribution in [0.2, 0.25) is 0 Å². The second-order valence-electron chi connectivity index (χ2n) is 6.26. The normalized spacial score (nSPS) is 15.5. The van der Waals surface area contributed by atoms with E-state index in [4.69, 9.17) is 10.5 Å². The summed E-state index contributed by atoms with van der Waals surface area (Å²) in [5, 5.41) is 0. The van der Waals surface area contributed by atoms with Crippen molar-refractivity contribution in [1.82, 2.24) is 4.90 Å². The fourth-order valence-corrected chi connectivity index (χ4v) is 2.80. The Morgan fingerprint density at radius 2 is 2.00 bits per heavy atom. The predicted octanol–water partition coefficient (Wildman–Crippen LogP) is 1.76. The number of aryl methyl sites for hydroxylation is 1. The Balaban J connectivity index is 2.33. The minimum absolute atomic E-state index is 0.0211. The van der Waals surface area contributed by atoms with E-state index in [0.717, 1.165) is 29.7 Å². The summed E-state index contributed by atoms with van der Waals surface area (Å²) in [7, 11) is 1.63. The number of nitrogens with zero attached hydrogens (tertiary/aromatic N) is 1. The summed E-state index contributed by atoms with van der Waals surface area (Å²) in [4.78, 5) is 25.8. The number of carbonyl (C=O) groups is 2. The first-order valence-corrected chi connectivity index (χ1v) is 7.56. The molecule has 120 valence electrons. The van der Waals surface area contributed by atoms with Crippen LogP contribution < -0.4 is 10.5 Å². The van der Waals surface area contributed by atoms with Gasteiger partial charge in [-0.05, 0) is 50.8 Å². The van der Waals surface area contributed by atoms with Crippen LogP contribution in [0.4, 0.5) is 0 Å². The molecule has 0 saturated heterocycles. The molecule has 2 N–H and O–H groups in total. The van der Waals surface area contributed by atoms with Gasteiger partial charge in [0.15, 0.2) is 0 Å². The van der Waals surface area contributed by atoms with Gasteiger partial charge in [0.25, 0.3) is 0 Å². The lowest BCUT2D eigenvalue weighted by Gasteiger charge is -2.30. The van der Waals surface area contributed by atoms with Crippen LogP contribution in [-0.4, -0.2) is 36.4 Å². The molecular weight excluding hydrogens is 280 g/mol. The van der Waals surface area contributed by atoms with Gasteiger partial charge in [-0.15, -0.1) is 0 Å². The van der Waals surface area contributed by atoms with Crippen LogP contribution in [0.25, 0.3) is 0 Å². The number of rotatable bonds is 6. The molecule has 0 bridgehead atoms. The van der Waals surface area contributed by atoms with Gasteiger partial charge >= 0.3 is 0 Å². The molecule has 0 atom stereocenters. The third kappa shape index (κ3) is 2.93. The van der Waals surface area contributed by atoms with Crippen molar-refractivity contribution in [1.29, 1.82) is 0 Å². The van der Waals surface area contributed by atoms with Crippen LogP contribution >= 0.6 is 0 Å². The number of primary amides is 1. The molecule has 1 aliphatic carbocycles. The molecule has 5 heteroatoms. The van der Waals surface area contributed by atoms with E-state index >= 15 is 0 Å². The van der Waals surface area contributed by atoms with Crippen LogP contribution in [0, 0.1) is 6.92 Å². The Kier molecular flexibility index (Phi) is 4.44. The van der Waals surface area contributed by atoms with Gasteiger partial charge in [-0.3, -0.25) is 9.59 Å². The number of amides is 2. The van der Waals surface area contributed by atoms with Gasteiger partial charge in [0.05, 0.1) is 19.1 Å². The summed E-state index contributed by atoms with van der Waals surface area (Å²) >= 11 is 0. The first kappa shape index (κ1) is 16.3. The number of carbonyl (C=O) groups excluding carboxylic acids is 2. The highest BCUT2D eigenvalue weighted by Gasteiger charge is 2.53. The monoisotopic (exact) mass is 304 g/mol. The zero-order valence-corrected chi connectivity index (χ0v) is 13.7. The fourth-order valence-electron chi connectivity index (χ4n) is 2.80. The van der Waals surface area contributed by atoms with Crippen LogP contribution in [-0.2, 0) is 15.0 Å². The van der Waals surface area contributed by atoms with Gasteiger partial charge in [-0.2, -0.15) is 0 Å². The molecule has 1 aromatic carbocycles. The van der Waals surface area contributed by atoms with Crippen LogP contribution in [0.1, 0.15) is 37.8 Å². The molecule has 22 heavy (non-hydrogen) atoms. The highest BCUT2D eigenvalue weighted by molar-refractivity contribution is 5.94. The van der Waals surface area contributed by atoms with Crippen LogP contribution in [0.15, 0.2) is 18.2 Å². The first-order chi connectivity index (χ1) is 10.3. The van der Waals surface area contributed by atoms with E-state index in [-0.39, 0.29) is 18.5 Å². The number of benzene rings is 1. The van der Waals surface area contributed by atoms with Crippen LogP contribution in [0.3, 0.4) is 0 Å². The molecule has 1 fully saturated rings. The molecule has 0 aliphatic heterocycles. The van der Waals surface area contributed by atoms with E-state index in [9.17, 15) is 9.59 Å². The third-order valence-electron chi connectivity index (χ3n) is 4.33. The van der Waals surface area contributed by atoms with E-state index < -0.39 is 11.3 Å². The molecule has 0 spiro atoms. The molecule has 0 radical (unpaired) electrons. The Labute approximate surface area is 131 Å². The van der Waals surface area contributed by atoms with E-state index in [1.54, 1.807) is 12.0 Å². The lowest BCUT2D eigenvalue weighted by atomic mass is 9.92. The predicted molar refractivity (Wildman–Crippen MR) is 84.7 cm³/mol. The van der Waals surface area contributed by atoms with Gasteiger partial charge in [-0.1, -0.05) is 12.1 Å². The molecule has 2 amide bonds. The zero-order valence-electron chi connectivity index (χ0n) is 13.7. The van der Waals surface area contributed by atoms with E-state index in [1.165, 1.54) is 0 Å². The minimum atomic E-state index is -0.527. The number of hydrogen-bond acceptors (Lipinski definition) is 3. The lowest BCUT2D eigenvalue weighted by Crippen LogP contribution is -2.47. The quantitative estimate of drug-likeness (QED) is 0.870. The molecule has 1 aliphatic rings. The molecule has 0 aromatic heterocycles. The van der Waals surface area contributed by atoms with Gasteiger partial charge in [0.2, 0.25) is 11.8 Å². The maximum absolute atomic E-state index is 13.0. The Morgan fingerprint density at radius 3 is 2.45 bits per heavy atom. The largest absolute Gasteiger partial charge is 0.496 e. The SMILES string of the molecule is COc1cc(C2(C(=O)N(CC(N)=O)C(C)C)CC2)ccc1C. The van der Waals surface area contributed by atoms with E-state index in [2.05, 4.69) is 0 Å². The Hall–Kier alpha value is -2.04. The number of hydrogen-bond donors (Lipinski definition) is 1. The maximum Gasteiger partial charge on any atom is 0.237 e. The summed E-state index contributed by atoms with van der Waals surface area (Å²) in [6.45, 7) is 5.72. The first-order valence-electron chi connectivity index (χ1n) is 7.56. The van der Waals surface area contributed by atoms with E-state index in [1.807, 2.05) is 39.0 Å². The number of nitrogens with two attached hydrogens (primary N) is 1. The van der Waals surface area contributed by atoms with Crippen molar-refractivity contribution in [2.75, 3.05) is 13.7 Å². The summed E-state index contributed by atoms with van der Waals surface area (Å²) in [6.07, 6.45) is 1.58. The summed E-state index contributed by atoms with van der Waals surface area (Å²) in [5.74, 6) is 0.272. The zero-order chi connectivity index (χ0) is 16.5.